The Bertz CT molecular complexity index is 661. The van der Waals surface area contributed by atoms with E-state index in [9.17, 15) is 9.59 Å². The Morgan fingerprint density at radius 1 is 1.30 bits per heavy atom. The van der Waals surface area contributed by atoms with Crippen LogP contribution in [0, 0.1) is 0 Å². The van der Waals surface area contributed by atoms with Crippen LogP contribution in [0.5, 0.6) is 0 Å². The van der Waals surface area contributed by atoms with Gasteiger partial charge in [0.2, 0.25) is 5.91 Å². The van der Waals surface area contributed by atoms with Gasteiger partial charge in [0.1, 0.15) is 0 Å². The number of furan rings is 1. The molecule has 1 aromatic heterocycles. The standard InChI is InChI=1S/C15H13NO4/c17-14-4-2-11-7-12(15(18)19)1-3-13(11)16(14)8-10-5-6-20-9-10/h1,3,5-7,9H,2,4,8H2,(H,18,19). The van der Waals surface area contributed by atoms with Crippen LogP contribution in [0.2, 0.25) is 0 Å². The highest BCUT2D eigenvalue weighted by Crippen LogP contribution is 2.30. The van der Waals surface area contributed by atoms with E-state index in [1.165, 1.54) is 6.07 Å². The molecule has 0 bridgehead atoms. The molecule has 0 saturated heterocycles. The average Bonchev–Trinajstić information content (AvgIpc) is 2.94. The minimum absolute atomic E-state index is 0.0433. The van der Waals surface area contributed by atoms with Crippen LogP contribution in [0.15, 0.2) is 41.2 Å². The molecule has 1 N–H and O–H groups in total. The van der Waals surface area contributed by atoms with E-state index in [-0.39, 0.29) is 11.5 Å². The van der Waals surface area contributed by atoms with E-state index in [0.717, 1.165) is 16.8 Å². The first-order valence-electron chi connectivity index (χ1n) is 6.33. The summed E-state index contributed by atoms with van der Waals surface area (Å²) in [6.45, 7) is 0.439. The van der Waals surface area contributed by atoms with E-state index >= 15 is 0 Å². The van der Waals surface area contributed by atoms with Crippen LogP contribution in [-0.4, -0.2) is 17.0 Å². The fraction of sp³-hybridized carbons (Fsp3) is 0.200. The Morgan fingerprint density at radius 2 is 2.15 bits per heavy atom. The third-order valence-electron chi connectivity index (χ3n) is 3.45. The number of carboxylic acid groups (broad SMARTS) is 1. The molecular formula is C15H13NO4. The summed E-state index contributed by atoms with van der Waals surface area (Å²) in [7, 11) is 0. The molecule has 3 rings (SSSR count). The maximum atomic E-state index is 12.1. The van der Waals surface area contributed by atoms with Crippen molar-refractivity contribution in [2.45, 2.75) is 19.4 Å². The molecule has 1 aliphatic heterocycles. The van der Waals surface area contributed by atoms with Gasteiger partial charge in [-0.1, -0.05) is 0 Å². The molecule has 1 aliphatic rings. The van der Waals surface area contributed by atoms with E-state index in [2.05, 4.69) is 0 Å². The molecule has 0 fully saturated rings. The molecule has 0 radical (unpaired) electrons. The summed E-state index contributed by atoms with van der Waals surface area (Å²) in [5, 5.41) is 9.02. The van der Waals surface area contributed by atoms with Crippen LogP contribution in [0.4, 0.5) is 5.69 Å². The zero-order valence-electron chi connectivity index (χ0n) is 10.7. The Kier molecular flexibility index (Phi) is 3.02. The fourth-order valence-electron chi connectivity index (χ4n) is 2.43. The number of fused-ring (bicyclic) bond motifs is 1. The van der Waals surface area contributed by atoms with E-state index in [1.54, 1.807) is 29.6 Å². The molecule has 2 heterocycles. The molecule has 1 amide bonds. The van der Waals surface area contributed by atoms with Crippen molar-refractivity contribution >= 4 is 17.6 Å². The van der Waals surface area contributed by atoms with E-state index in [1.807, 2.05) is 6.07 Å². The van der Waals surface area contributed by atoms with Crippen molar-refractivity contribution < 1.29 is 19.1 Å². The number of anilines is 1. The van der Waals surface area contributed by atoms with Gasteiger partial charge in [-0.3, -0.25) is 4.79 Å². The summed E-state index contributed by atoms with van der Waals surface area (Å²) in [6.07, 6.45) is 4.15. The van der Waals surface area contributed by atoms with Gasteiger partial charge >= 0.3 is 5.97 Å². The third-order valence-corrected chi connectivity index (χ3v) is 3.45. The summed E-state index contributed by atoms with van der Waals surface area (Å²) in [5.74, 6) is -0.909. The molecular weight excluding hydrogens is 258 g/mol. The van der Waals surface area contributed by atoms with Crippen molar-refractivity contribution in [3.63, 3.8) is 0 Å². The number of hydrogen-bond acceptors (Lipinski definition) is 3. The lowest BCUT2D eigenvalue weighted by molar-refractivity contribution is -0.119. The number of aryl methyl sites for hydroxylation is 1. The third kappa shape index (κ3) is 2.18. The molecule has 0 unspecified atom stereocenters. The smallest absolute Gasteiger partial charge is 0.335 e. The molecule has 0 saturated carbocycles. The van der Waals surface area contributed by atoms with Crippen LogP contribution >= 0.6 is 0 Å². The molecule has 0 aliphatic carbocycles. The fourth-order valence-corrected chi connectivity index (χ4v) is 2.43. The Labute approximate surface area is 115 Å². The number of nitrogens with zero attached hydrogens (tertiary/aromatic N) is 1. The lowest BCUT2D eigenvalue weighted by Gasteiger charge is -2.29. The van der Waals surface area contributed by atoms with Crippen molar-refractivity contribution in [1.82, 2.24) is 0 Å². The van der Waals surface area contributed by atoms with Gasteiger partial charge in [-0.2, -0.15) is 0 Å². The Morgan fingerprint density at radius 3 is 2.85 bits per heavy atom. The normalized spacial score (nSPS) is 14.2. The molecule has 1 aromatic carbocycles. The average molecular weight is 271 g/mol. The maximum absolute atomic E-state index is 12.1. The number of hydrogen-bond donors (Lipinski definition) is 1. The predicted molar refractivity (Wildman–Crippen MR) is 71.6 cm³/mol. The van der Waals surface area contributed by atoms with Gasteiger partial charge in [0.15, 0.2) is 0 Å². The predicted octanol–water partition coefficient (Wildman–Crippen LogP) is 2.46. The highest BCUT2D eigenvalue weighted by atomic mass is 16.4. The first-order chi connectivity index (χ1) is 9.65. The van der Waals surface area contributed by atoms with Crippen LogP contribution in [0.3, 0.4) is 0 Å². The van der Waals surface area contributed by atoms with Gasteiger partial charge in [-0.25, -0.2) is 4.79 Å². The van der Waals surface area contributed by atoms with Crippen molar-refractivity contribution in [3.05, 3.63) is 53.5 Å². The van der Waals surface area contributed by atoms with E-state index < -0.39 is 5.97 Å². The number of benzene rings is 1. The van der Waals surface area contributed by atoms with Gasteiger partial charge < -0.3 is 14.4 Å². The molecule has 2 aromatic rings. The number of carbonyl (C=O) groups excluding carboxylic acids is 1. The molecule has 20 heavy (non-hydrogen) atoms. The number of aromatic carboxylic acids is 1. The van der Waals surface area contributed by atoms with Crippen molar-refractivity contribution in [2.24, 2.45) is 0 Å². The summed E-state index contributed by atoms with van der Waals surface area (Å²) < 4.78 is 5.01. The second kappa shape index (κ2) is 4.85. The SMILES string of the molecule is O=C(O)c1ccc2c(c1)CCC(=O)N2Cc1ccoc1. The zero-order chi connectivity index (χ0) is 14.1. The Balaban J connectivity index is 1.96. The van der Waals surface area contributed by atoms with Gasteiger partial charge in [0.05, 0.1) is 24.6 Å². The largest absolute Gasteiger partial charge is 0.478 e. The van der Waals surface area contributed by atoms with E-state index in [0.29, 0.717) is 19.4 Å². The quantitative estimate of drug-likeness (QED) is 0.930. The monoisotopic (exact) mass is 271 g/mol. The molecule has 0 spiro atoms. The summed E-state index contributed by atoms with van der Waals surface area (Å²) in [5.41, 5.74) is 2.84. The van der Waals surface area contributed by atoms with Crippen LogP contribution < -0.4 is 4.90 Å². The first-order valence-corrected chi connectivity index (χ1v) is 6.33. The van der Waals surface area contributed by atoms with Crippen molar-refractivity contribution in [2.75, 3.05) is 4.90 Å². The number of amides is 1. The second-order valence-electron chi connectivity index (χ2n) is 4.76. The van der Waals surface area contributed by atoms with Crippen LogP contribution in [0.1, 0.15) is 27.9 Å². The number of carboxylic acids is 1. The van der Waals surface area contributed by atoms with E-state index in [4.69, 9.17) is 9.52 Å². The first kappa shape index (κ1) is 12.5. The molecule has 5 heteroatoms. The van der Waals surface area contributed by atoms with Crippen LogP contribution in [-0.2, 0) is 17.8 Å². The maximum Gasteiger partial charge on any atom is 0.335 e. The van der Waals surface area contributed by atoms with Crippen molar-refractivity contribution in [1.29, 1.82) is 0 Å². The minimum Gasteiger partial charge on any atom is -0.478 e. The van der Waals surface area contributed by atoms with Crippen LogP contribution in [0.25, 0.3) is 0 Å². The lowest BCUT2D eigenvalue weighted by Crippen LogP contribution is -2.34. The molecule has 102 valence electrons. The van der Waals surface area contributed by atoms with Crippen molar-refractivity contribution in [3.8, 4) is 0 Å². The summed E-state index contributed by atoms with van der Waals surface area (Å²) >= 11 is 0. The summed E-state index contributed by atoms with van der Waals surface area (Å²) in [6, 6.07) is 6.69. The Hall–Kier alpha value is -2.56. The summed E-state index contributed by atoms with van der Waals surface area (Å²) in [4.78, 5) is 24.8. The minimum atomic E-state index is -0.953. The molecule has 5 nitrogen and oxygen atoms in total. The number of rotatable bonds is 3. The highest BCUT2D eigenvalue weighted by molar-refractivity contribution is 5.97. The van der Waals surface area contributed by atoms with Gasteiger partial charge in [-0.15, -0.1) is 0 Å². The number of carbonyl (C=O) groups is 2. The lowest BCUT2D eigenvalue weighted by atomic mass is 9.98. The second-order valence-corrected chi connectivity index (χ2v) is 4.76. The topological polar surface area (TPSA) is 70.8 Å². The molecule has 0 atom stereocenters. The van der Waals surface area contributed by atoms with Gasteiger partial charge in [0, 0.05) is 17.7 Å². The van der Waals surface area contributed by atoms with Gasteiger partial charge in [-0.05, 0) is 36.2 Å². The van der Waals surface area contributed by atoms with Gasteiger partial charge in [0.25, 0.3) is 0 Å². The zero-order valence-corrected chi connectivity index (χ0v) is 10.7. The highest BCUT2D eigenvalue weighted by Gasteiger charge is 2.25.